The zero-order chi connectivity index (χ0) is 22.2. The fourth-order valence-electron chi connectivity index (χ4n) is 4.41. The van der Waals surface area contributed by atoms with Crippen LogP contribution < -0.4 is 15.8 Å². The first-order valence-electron chi connectivity index (χ1n) is 11.7. The molecule has 0 spiro atoms. The number of nitrogen functional groups attached to an aromatic ring is 1. The van der Waals surface area contributed by atoms with E-state index in [9.17, 15) is 4.79 Å². The Bertz CT molecular complexity index is 858. The number of nitrogens with one attached hydrogen (secondary N) is 1. The van der Waals surface area contributed by atoms with Crippen molar-refractivity contribution in [3.05, 3.63) is 30.0 Å². The Morgan fingerprint density at radius 3 is 2.68 bits per heavy atom. The predicted molar refractivity (Wildman–Crippen MR) is 125 cm³/mol. The number of aromatic nitrogens is 1. The van der Waals surface area contributed by atoms with Gasteiger partial charge in [-0.1, -0.05) is 32.8 Å². The van der Waals surface area contributed by atoms with Gasteiger partial charge in [-0.3, -0.25) is 9.78 Å². The van der Waals surface area contributed by atoms with E-state index in [1.807, 2.05) is 31.2 Å². The summed E-state index contributed by atoms with van der Waals surface area (Å²) in [5.41, 5.74) is 8.70. The maximum absolute atomic E-state index is 12.2. The lowest BCUT2D eigenvalue weighted by atomic mass is 9.93. The molecule has 1 aromatic heterocycles. The van der Waals surface area contributed by atoms with Gasteiger partial charge in [-0.05, 0) is 63.1 Å². The Labute approximate surface area is 185 Å². The first-order chi connectivity index (χ1) is 15.0. The Kier molecular flexibility index (Phi) is 8.52. The summed E-state index contributed by atoms with van der Waals surface area (Å²) in [6.45, 7) is 7.15. The average Bonchev–Trinajstić information content (AvgIpc) is 2.75. The van der Waals surface area contributed by atoms with Crippen LogP contribution in [0.25, 0.3) is 10.9 Å². The van der Waals surface area contributed by atoms with E-state index in [-0.39, 0.29) is 24.7 Å². The fraction of sp³-hybridized carbons (Fsp3) is 0.600. The van der Waals surface area contributed by atoms with Crippen LogP contribution in [0.1, 0.15) is 64.5 Å². The molecule has 1 aliphatic carbocycles. The predicted octanol–water partition coefficient (Wildman–Crippen LogP) is 4.77. The second-order valence-corrected chi connectivity index (χ2v) is 8.69. The quantitative estimate of drug-likeness (QED) is 0.533. The summed E-state index contributed by atoms with van der Waals surface area (Å²) in [6, 6.07) is 7.96. The van der Waals surface area contributed by atoms with Crippen molar-refractivity contribution in [2.24, 2.45) is 5.92 Å². The van der Waals surface area contributed by atoms with Crippen LogP contribution in [0.15, 0.2) is 24.3 Å². The molecule has 0 saturated heterocycles. The number of carbonyl (C=O) groups is 1. The van der Waals surface area contributed by atoms with Crippen LogP contribution in [0.4, 0.5) is 5.69 Å². The third kappa shape index (κ3) is 6.57. The summed E-state index contributed by atoms with van der Waals surface area (Å²) in [5, 5.41) is 4.00. The minimum absolute atomic E-state index is 0.0165. The molecule has 0 radical (unpaired) electrons. The minimum Gasteiger partial charge on any atom is -0.490 e. The van der Waals surface area contributed by atoms with Crippen LogP contribution in [0.5, 0.6) is 5.75 Å². The van der Waals surface area contributed by atoms with Gasteiger partial charge >= 0.3 is 0 Å². The van der Waals surface area contributed by atoms with E-state index in [4.69, 9.17) is 15.2 Å². The Morgan fingerprint density at radius 2 is 1.97 bits per heavy atom. The SMILES string of the molecule is CCC(CC)CCOCC(=O)N[C@H]1CC[C@H](Oc2cccc3nc(C)cc(N)c23)CC1. The van der Waals surface area contributed by atoms with Crippen LogP contribution >= 0.6 is 0 Å². The molecule has 3 rings (SSSR count). The third-order valence-corrected chi connectivity index (χ3v) is 6.35. The molecule has 1 aliphatic rings. The number of benzene rings is 1. The van der Waals surface area contributed by atoms with Crippen LogP contribution in [0.3, 0.4) is 0 Å². The number of nitrogens with two attached hydrogens (primary N) is 1. The molecule has 31 heavy (non-hydrogen) atoms. The standard InChI is InChI=1S/C25H37N3O3/c1-4-18(5-2)13-14-30-16-24(29)28-19-9-11-20(12-10-19)31-23-8-6-7-22-25(23)21(26)15-17(3)27-22/h6-8,15,18-20H,4-5,9-14,16H2,1-3H3,(H2,26,27)(H,28,29)/t19-,20-. The number of hydrogen-bond acceptors (Lipinski definition) is 5. The van der Waals surface area contributed by atoms with Gasteiger partial charge in [-0.25, -0.2) is 0 Å². The number of nitrogens with zero attached hydrogens (tertiary/aromatic N) is 1. The van der Waals surface area contributed by atoms with Crippen LogP contribution in [0.2, 0.25) is 0 Å². The van der Waals surface area contributed by atoms with Gasteiger partial charge in [-0.2, -0.15) is 0 Å². The average molecular weight is 428 g/mol. The highest BCUT2D eigenvalue weighted by Crippen LogP contribution is 2.33. The smallest absolute Gasteiger partial charge is 0.246 e. The van der Waals surface area contributed by atoms with Crippen LogP contribution in [-0.2, 0) is 9.53 Å². The van der Waals surface area contributed by atoms with Crippen molar-refractivity contribution in [3.63, 3.8) is 0 Å². The molecule has 0 atom stereocenters. The van der Waals surface area contributed by atoms with Crippen molar-refractivity contribution in [1.29, 1.82) is 0 Å². The van der Waals surface area contributed by atoms with E-state index in [0.29, 0.717) is 18.2 Å². The Morgan fingerprint density at radius 1 is 1.23 bits per heavy atom. The molecule has 6 heteroatoms. The molecule has 0 aliphatic heterocycles. The number of anilines is 1. The van der Waals surface area contributed by atoms with E-state index in [1.165, 1.54) is 12.8 Å². The third-order valence-electron chi connectivity index (χ3n) is 6.35. The number of ether oxygens (including phenoxy) is 2. The van der Waals surface area contributed by atoms with Crippen molar-refractivity contribution in [2.45, 2.75) is 77.9 Å². The van der Waals surface area contributed by atoms with Crippen molar-refractivity contribution in [1.82, 2.24) is 10.3 Å². The molecule has 2 aromatic rings. The van der Waals surface area contributed by atoms with Crippen molar-refractivity contribution < 1.29 is 14.3 Å². The lowest BCUT2D eigenvalue weighted by Crippen LogP contribution is -2.41. The highest BCUT2D eigenvalue weighted by molar-refractivity contribution is 5.95. The maximum atomic E-state index is 12.2. The molecular formula is C25H37N3O3. The maximum Gasteiger partial charge on any atom is 0.246 e. The number of carbonyl (C=O) groups excluding carboxylic acids is 1. The largest absolute Gasteiger partial charge is 0.490 e. The zero-order valence-electron chi connectivity index (χ0n) is 19.2. The molecule has 0 bridgehead atoms. The lowest BCUT2D eigenvalue weighted by molar-refractivity contribution is -0.126. The van der Waals surface area contributed by atoms with Crippen molar-refractivity contribution >= 4 is 22.5 Å². The first-order valence-corrected chi connectivity index (χ1v) is 11.7. The van der Waals surface area contributed by atoms with Gasteiger partial charge < -0.3 is 20.5 Å². The van der Waals surface area contributed by atoms with Crippen LogP contribution in [-0.4, -0.2) is 36.3 Å². The highest BCUT2D eigenvalue weighted by Gasteiger charge is 2.24. The Hall–Kier alpha value is -2.34. The number of hydrogen-bond donors (Lipinski definition) is 2. The number of rotatable bonds is 10. The van der Waals surface area contributed by atoms with E-state index in [1.54, 1.807) is 0 Å². The summed E-state index contributed by atoms with van der Waals surface area (Å²) < 4.78 is 11.9. The molecule has 1 saturated carbocycles. The lowest BCUT2D eigenvalue weighted by Gasteiger charge is -2.30. The highest BCUT2D eigenvalue weighted by atomic mass is 16.5. The van der Waals surface area contributed by atoms with Gasteiger partial charge in [0.15, 0.2) is 0 Å². The number of pyridine rings is 1. The van der Waals surface area contributed by atoms with Crippen molar-refractivity contribution in [2.75, 3.05) is 18.9 Å². The van der Waals surface area contributed by atoms with Gasteiger partial charge in [0.05, 0.1) is 17.0 Å². The molecule has 1 fully saturated rings. The molecule has 6 nitrogen and oxygen atoms in total. The number of aryl methyl sites for hydroxylation is 1. The molecule has 0 unspecified atom stereocenters. The van der Waals surface area contributed by atoms with Gasteiger partial charge in [0.2, 0.25) is 5.91 Å². The summed E-state index contributed by atoms with van der Waals surface area (Å²) in [5.74, 6) is 1.47. The van der Waals surface area contributed by atoms with E-state index in [2.05, 4.69) is 24.1 Å². The topological polar surface area (TPSA) is 86.5 Å². The summed E-state index contributed by atoms with van der Waals surface area (Å²) in [7, 11) is 0. The molecule has 1 amide bonds. The number of amides is 1. The Balaban J connectivity index is 1.43. The molecule has 1 heterocycles. The van der Waals surface area contributed by atoms with Gasteiger partial charge in [0, 0.05) is 24.0 Å². The molecule has 1 aromatic carbocycles. The normalized spacial score (nSPS) is 19.0. The van der Waals surface area contributed by atoms with E-state index < -0.39 is 0 Å². The second kappa shape index (κ2) is 11.3. The molecule has 170 valence electrons. The summed E-state index contributed by atoms with van der Waals surface area (Å²) in [6.07, 6.45) is 7.08. The number of fused-ring (bicyclic) bond motifs is 1. The monoisotopic (exact) mass is 427 g/mol. The van der Waals surface area contributed by atoms with Gasteiger partial charge in [0.1, 0.15) is 12.4 Å². The summed E-state index contributed by atoms with van der Waals surface area (Å²) >= 11 is 0. The van der Waals surface area contributed by atoms with E-state index in [0.717, 1.165) is 54.5 Å². The molecular weight excluding hydrogens is 390 g/mol. The van der Waals surface area contributed by atoms with E-state index >= 15 is 0 Å². The van der Waals surface area contributed by atoms with Crippen LogP contribution in [0, 0.1) is 12.8 Å². The summed E-state index contributed by atoms with van der Waals surface area (Å²) in [4.78, 5) is 16.8. The minimum atomic E-state index is -0.0165. The molecule has 3 N–H and O–H groups in total. The second-order valence-electron chi connectivity index (χ2n) is 8.69. The fourth-order valence-corrected chi connectivity index (χ4v) is 4.41. The van der Waals surface area contributed by atoms with Crippen molar-refractivity contribution in [3.8, 4) is 5.75 Å². The van der Waals surface area contributed by atoms with Gasteiger partial charge in [-0.15, -0.1) is 0 Å². The first kappa shape index (κ1) is 23.3. The zero-order valence-corrected chi connectivity index (χ0v) is 19.2. The van der Waals surface area contributed by atoms with Gasteiger partial charge in [0.25, 0.3) is 0 Å².